The van der Waals surface area contributed by atoms with E-state index in [9.17, 15) is 4.79 Å². The molecule has 0 aliphatic heterocycles. The first-order valence-corrected chi connectivity index (χ1v) is 11.3. The SMILES string of the molecule is COc1ccc(CSCC(=O)NN=Cc2cc(C)n(-c3ccc(C)c(C)c3)c2C)cc1. The highest BCUT2D eigenvalue weighted by molar-refractivity contribution is 7.99. The maximum atomic E-state index is 12.1. The molecule has 2 aromatic carbocycles. The van der Waals surface area contributed by atoms with Gasteiger partial charge in [-0.05, 0) is 74.7 Å². The maximum Gasteiger partial charge on any atom is 0.250 e. The lowest BCUT2D eigenvalue weighted by molar-refractivity contribution is -0.118. The predicted molar refractivity (Wildman–Crippen MR) is 130 cm³/mol. The van der Waals surface area contributed by atoms with E-state index in [4.69, 9.17) is 4.74 Å². The fraction of sp³-hybridized carbons (Fsp3) is 0.280. The largest absolute Gasteiger partial charge is 0.497 e. The van der Waals surface area contributed by atoms with Crippen molar-refractivity contribution in [2.75, 3.05) is 12.9 Å². The van der Waals surface area contributed by atoms with Gasteiger partial charge in [-0.3, -0.25) is 4.79 Å². The zero-order valence-corrected chi connectivity index (χ0v) is 19.5. The number of thioether (sulfide) groups is 1. The van der Waals surface area contributed by atoms with Crippen LogP contribution in [-0.2, 0) is 10.5 Å². The Morgan fingerprint density at radius 1 is 1.06 bits per heavy atom. The Morgan fingerprint density at radius 2 is 1.81 bits per heavy atom. The van der Waals surface area contributed by atoms with E-state index in [2.05, 4.69) is 67.1 Å². The van der Waals surface area contributed by atoms with E-state index in [1.165, 1.54) is 11.1 Å². The van der Waals surface area contributed by atoms with Crippen molar-refractivity contribution in [2.45, 2.75) is 33.4 Å². The van der Waals surface area contributed by atoms with Crippen LogP contribution in [0, 0.1) is 27.7 Å². The molecule has 0 saturated heterocycles. The summed E-state index contributed by atoms with van der Waals surface area (Å²) in [6.45, 7) is 8.38. The lowest BCUT2D eigenvalue weighted by Gasteiger charge is -2.11. The zero-order valence-electron chi connectivity index (χ0n) is 18.7. The number of methoxy groups -OCH3 is 1. The van der Waals surface area contributed by atoms with Gasteiger partial charge in [-0.25, -0.2) is 5.43 Å². The molecule has 5 nitrogen and oxygen atoms in total. The Hall–Kier alpha value is -2.99. The third-order valence-electron chi connectivity index (χ3n) is 5.27. The maximum absolute atomic E-state index is 12.1. The van der Waals surface area contributed by atoms with E-state index in [1.807, 2.05) is 24.3 Å². The molecule has 31 heavy (non-hydrogen) atoms. The molecule has 162 valence electrons. The number of carbonyl (C=O) groups is 1. The molecule has 6 heteroatoms. The summed E-state index contributed by atoms with van der Waals surface area (Å²) in [6.07, 6.45) is 1.71. The molecule has 1 N–H and O–H groups in total. The van der Waals surface area contributed by atoms with Crippen LogP contribution in [0.3, 0.4) is 0 Å². The van der Waals surface area contributed by atoms with Crippen LogP contribution < -0.4 is 10.2 Å². The summed E-state index contributed by atoms with van der Waals surface area (Å²) in [6, 6.07) is 16.4. The van der Waals surface area contributed by atoms with Crippen molar-refractivity contribution < 1.29 is 9.53 Å². The molecule has 0 aliphatic rings. The number of hydrazone groups is 1. The number of hydrogen-bond acceptors (Lipinski definition) is 4. The lowest BCUT2D eigenvalue weighted by atomic mass is 10.1. The molecule has 0 aliphatic carbocycles. The average molecular weight is 436 g/mol. The second-order valence-electron chi connectivity index (χ2n) is 7.56. The molecule has 0 atom stereocenters. The number of ether oxygens (including phenoxy) is 1. The fourth-order valence-corrected chi connectivity index (χ4v) is 4.15. The van der Waals surface area contributed by atoms with Gasteiger partial charge in [0.25, 0.3) is 0 Å². The monoisotopic (exact) mass is 435 g/mol. The molecule has 1 amide bonds. The zero-order chi connectivity index (χ0) is 22.4. The summed E-state index contributed by atoms with van der Waals surface area (Å²) >= 11 is 1.55. The Kier molecular flexibility index (Phi) is 7.58. The van der Waals surface area contributed by atoms with Gasteiger partial charge in [-0.15, -0.1) is 11.8 Å². The number of aromatic nitrogens is 1. The molecule has 0 fully saturated rings. The first-order valence-electron chi connectivity index (χ1n) is 10.2. The number of benzene rings is 2. The van der Waals surface area contributed by atoms with Gasteiger partial charge in [0.05, 0.1) is 19.1 Å². The third kappa shape index (κ3) is 5.79. The Bertz CT molecular complexity index is 1080. The fourth-order valence-electron chi connectivity index (χ4n) is 3.37. The molecular weight excluding hydrogens is 406 g/mol. The third-order valence-corrected chi connectivity index (χ3v) is 6.28. The number of nitrogens with zero attached hydrogens (tertiary/aromatic N) is 2. The highest BCUT2D eigenvalue weighted by Crippen LogP contribution is 2.22. The van der Waals surface area contributed by atoms with Gasteiger partial charge in [0.15, 0.2) is 0 Å². The lowest BCUT2D eigenvalue weighted by Crippen LogP contribution is -2.19. The van der Waals surface area contributed by atoms with E-state index in [1.54, 1.807) is 25.1 Å². The molecule has 0 radical (unpaired) electrons. The molecule has 0 saturated carbocycles. The number of rotatable bonds is 8. The average Bonchev–Trinajstić information content (AvgIpc) is 3.04. The molecular formula is C25H29N3O2S. The van der Waals surface area contributed by atoms with Gasteiger partial charge in [0.2, 0.25) is 5.91 Å². The van der Waals surface area contributed by atoms with Crippen LogP contribution in [0.5, 0.6) is 5.75 Å². The minimum absolute atomic E-state index is 0.113. The highest BCUT2D eigenvalue weighted by atomic mass is 32.2. The van der Waals surface area contributed by atoms with Crippen molar-refractivity contribution in [3.05, 3.63) is 82.2 Å². The second-order valence-corrected chi connectivity index (χ2v) is 8.55. The van der Waals surface area contributed by atoms with Gasteiger partial charge in [-0.1, -0.05) is 18.2 Å². The van der Waals surface area contributed by atoms with Crippen LogP contribution in [0.1, 0.15) is 33.6 Å². The first kappa shape index (κ1) is 22.7. The van der Waals surface area contributed by atoms with Crippen LogP contribution in [0.15, 0.2) is 53.6 Å². The summed E-state index contributed by atoms with van der Waals surface area (Å²) in [5.41, 5.74) is 10.7. The standard InChI is InChI=1S/C25H29N3O2S/c1-17-6-9-23(12-18(17)2)28-19(3)13-22(20(28)4)14-26-27-25(29)16-31-15-21-7-10-24(30-5)11-8-21/h6-14H,15-16H2,1-5H3,(H,27,29). The van der Waals surface area contributed by atoms with Crippen LogP contribution >= 0.6 is 11.8 Å². The summed E-state index contributed by atoms with van der Waals surface area (Å²) in [5.74, 6) is 1.83. The number of nitrogens with one attached hydrogen (secondary N) is 1. The minimum atomic E-state index is -0.113. The van der Waals surface area contributed by atoms with E-state index in [-0.39, 0.29) is 5.91 Å². The van der Waals surface area contributed by atoms with Crippen LogP contribution in [0.25, 0.3) is 5.69 Å². The molecule has 3 aromatic rings. The van der Waals surface area contributed by atoms with E-state index in [0.29, 0.717) is 5.75 Å². The Balaban J connectivity index is 1.55. The molecule has 3 rings (SSSR count). The normalized spacial score (nSPS) is 11.1. The molecule has 1 heterocycles. The number of amides is 1. The van der Waals surface area contributed by atoms with Crippen molar-refractivity contribution in [3.63, 3.8) is 0 Å². The van der Waals surface area contributed by atoms with Crippen LogP contribution in [0.2, 0.25) is 0 Å². The predicted octanol–water partition coefficient (Wildman–Crippen LogP) is 5.10. The van der Waals surface area contributed by atoms with E-state index < -0.39 is 0 Å². The van der Waals surface area contributed by atoms with Gasteiger partial charge in [0.1, 0.15) is 5.75 Å². The minimum Gasteiger partial charge on any atom is -0.497 e. The highest BCUT2D eigenvalue weighted by Gasteiger charge is 2.10. The topological polar surface area (TPSA) is 55.6 Å². The second kappa shape index (κ2) is 10.4. The number of aryl methyl sites for hydroxylation is 3. The van der Waals surface area contributed by atoms with E-state index >= 15 is 0 Å². The number of carbonyl (C=O) groups excluding carboxylic acids is 1. The summed E-state index contributed by atoms with van der Waals surface area (Å²) in [5, 5.41) is 4.16. The van der Waals surface area contributed by atoms with Crippen molar-refractivity contribution in [3.8, 4) is 11.4 Å². The van der Waals surface area contributed by atoms with Gasteiger partial charge in [0, 0.05) is 28.4 Å². The van der Waals surface area contributed by atoms with Crippen LogP contribution in [-0.4, -0.2) is 29.6 Å². The molecule has 0 bridgehead atoms. The van der Waals surface area contributed by atoms with Gasteiger partial charge in [-0.2, -0.15) is 5.10 Å². The molecule has 1 aromatic heterocycles. The van der Waals surface area contributed by atoms with Gasteiger partial charge < -0.3 is 9.30 Å². The molecule has 0 spiro atoms. The van der Waals surface area contributed by atoms with Crippen molar-refractivity contribution in [1.82, 2.24) is 9.99 Å². The number of hydrogen-bond donors (Lipinski definition) is 1. The van der Waals surface area contributed by atoms with Crippen molar-refractivity contribution >= 4 is 23.9 Å². The summed E-state index contributed by atoms with van der Waals surface area (Å²) in [4.78, 5) is 12.1. The van der Waals surface area contributed by atoms with E-state index in [0.717, 1.165) is 39.7 Å². The van der Waals surface area contributed by atoms with Crippen molar-refractivity contribution in [1.29, 1.82) is 0 Å². The Morgan fingerprint density at radius 3 is 2.48 bits per heavy atom. The van der Waals surface area contributed by atoms with Gasteiger partial charge >= 0.3 is 0 Å². The quantitative estimate of drug-likeness (QED) is 0.395. The molecule has 0 unspecified atom stereocenters. The summed E-state index contributed by atoms with van der Waals surface area (Å²) < 4.78 is 7.37. The smallest absolute Gasteiger partial charge is 0.250 e. The van der Waals surface area contributed by atoms with Crippen LogP contribution in [0.4, 0.5) is 0 Å². The summed E-state index contributed by atoms with van der Waals surface area (Å²) in [7, 11) is 1.65. The first-order chi connectivity index (χ1) is 14.9. The van der Waals surface area contributed by atoms with Crippen molar-refractivity contribution in [2.24, 2.45) is 5.10 Å². The Labute approximate surface area is 188 Å².